The highest BCUT2D eigenvalue weighted by Gasteiger charge is 2.07. The Kier molecular flexibility index (Phi) is 3.55. The maximum atomic E-state index is 11.9. The van der Waals surface area contributed by atoms with Gasteiger partial charge in [-0.1, -0.05) is 18.2 Å². The molecule has 0 radical (unpaired) electrons. The molecule has 0 bridgehead atoms. The molecule has 5 nitrogen and oxygen atoms in total. The number of fused-ring (bicyclic) bond motifs is 1. The highest BCUT2D eigenvalue weighted by molar-refractivity contribution is 5.94. The molecule has 0 aliphatic rings. The fourth-order valence-corrected chi connectivity index (χ4v) is 2.28. The van der Waals surface area contributed by atoms with E-state index in [1.54, 1.807) is 18.3 Å². The van der Waals surface area contributed by atoms with Crippen LogP contribution in [0.2, 0.25) is 0 Å². The van der Waals surface area contributed by atoms with Crippen molar-refractivity contribution in [1.82, 2.24) is 15.3 Å². The molecule has 0 spiro atoms. The number of carbonyl (C=O) groups is 1. The Labute approximate surface area is 122 Å². The minimum absolute atomic E-state index is 0.0620. The normalized spacial score (nSPS) is 10.7. The van der Waals surface area contributed by atoms with E-state index in [4.69, 9.17) is 5.73 Å². The minimum atomic E-state index is -0.0620. The molecular formula is C16H16N4O. The SMILES string of the molecule is Nc1cnc2[nH]cc(CCNC(=O)c3ccccc3)c2c1. The molecule has 0 atom stereocenters. The van der Waals surface area contributed by atoms with Gasteiger partial charge in [0.05, 0.1) is 11.9 Å². The fraction of sp³-hybridized carbons (Fsp3) is 0.125. The lowest BCUT2D eigenvalue weighted by molar-refractivity contribution is 0.0954. The monoisotopic (exact) mass is 280 g/mol. The largest absolute Gasteiger partial charge is 0.397 e. The summed E-state index contributed by atoms with van der Waals surface area (Å²) >= 11 is 0. The maximum Gasteiger partial charge on any atom is 0.251 e. The van der Waals surface area contributed by atoms with Crippen LogP contribution in [0.15, 0.2) is 48.8 Å². The van der Waals surface area contributed by atoms with Crippen molar-refractivity contribution in [3.8, 4) is 0 Å². The molecule has 0 aliphatic heterocycles. The van der Waals surface area contributed by atoms with Crippen molar-refractivity contribution in [3.05, 3.63) is 59.9 Å². The number of hydrogen-bond acceptors (Lipinski definition) is 3. The highest BCUT2D eigenvalue weighted by Crippen LogP contribution is 2.18. The van der Waals surface area contributed by atoms with Crippen LogP contribution in [0.1, 0.15) is 15.9 Å². The molecule has 5 heteroatoms. The van der Waals surface area contributed by atoms with Gasteiger partial charge < -0.3 is 16.0 Å². The molecule has 21 heavy (non-hydrogen) atoms. The summed E-state index contributed by atoms with van der Waals surface area (Å²) in [5.41, 5.74) is 8.97. The second kappa shape index (κ2) is 5.66. The molecule has 3 aromatic rings. The van der Waals surface area contributed by atoms with Crippen molar-refractivity contribution >= 4 is 22.6 Å². The number of nitrogens with one attached hydrogen (secondary N) is 2. The summed E-state index contributed by atoms with van der Waals surface area (Å²) in [6.45, 7) is 0.565. The van der Waals surface area contributed by atoms with E-state index in [1.165, 1.54) is 0 Å². The first-order chi connectivity index (χ1) is 10.2. The zero-order valence-electron chi connectivity index (χ0n) is 11.5. The Morgan fingerprint density at radius 1 is 1.29 bits per heavy atom. The number of anilines is 1. The summed E-state index contributed by atoms with van der Waals surface area (Å²) in [6.07, 6.45) is 4.26. The van der Waals surface area contributed by atoms with Crippen molar-refractivity contribution in [1.29, 1.82) is 0 Å². The third-order valence-corrected chi connectivity index (χ3v) is 3.35. The number of nitrogen functional groups attached to an aromatic ring is 1. The number of nitrogens with two attached hydrogens (primary N) is 1. The van der Waals surface area contributed by atoms with Gasteiger partial charge in [-0.15, -0.1) is 0 Å². The molecule has 1 amide bonds. The van der Waals surface area contributed by atoms with Crippen molar-refractivity contribution in [2.24, 2.45) is 0 Å². The lowest BCUT2D eigenvalue weighted by atomic mass is 10.1. The van der Waals surface area contributed by atoms with E-state index >= 15 is 0 Å². The number of hydrogen-bond donors (Lipinski definition) is 3. The highest BCUT2D eigenvalue weighted by atomic mass is 16.1. The van der Waals surface area contributed by atoms with E-state index in [9.17, 15) is 4.79 Å². The summed E-state index contributed by atoms with van der Waals surface area (Å²) in [6, 6.07) is 11.1. The molecule has 0 unspecified atom stereocenters. The molecule has 1 aromatic carbocycles. The number of H-pyrrole nitrogens is 1. The standard InChI is InChI=1S/C16H16N4O/c17-13-8-14-12(9-19-15(14)20-10-13)6-7-18-16(21)11-4-2-1-3-5-11/h1-5,8-10H,6-7,17H2,(H,18,21)(H,19,20). The lowest BCUT2D eigenvalue weighted by Crippen LogP contribution is -2.25. The van der Waals surface area contributed by atoms with E-state index in [0.29, 0.717) is 17.8 Å². The van der Waals surface area contributed by atoms with Gasteiger partial charge in [-0.3, -0.25) is 4.79 Å². The average molecular weight is 280 g/mol. The first-order valence-electron chi connectivity index (χ1n) is 6.79. The summed E-state index contributed by atoms with van der Waals surface area (Å²) in [5.74, 6) is -0.0620. The Hall–Kier alpha value is -2.82. The van der Waals surface area contributed by atoms with E-state index in [-0.39, 0.29) is 5.91 Å². The van der Waals surface area contributed by atoms with Gasteiger partial charge in [0, 0.05) is 23.7 Å². The van der Waals surface area contributed by atoms with Crippen molar-refractivity contribution in [3.63, 3.8) is 0 Å². The molecule has 4 N–H and O–H groups in total. The molecule has 106 valence electrons. The van der Waals surface area contributed by atoms with E-state index in [0.717, 1.165) is 23.0 Å². The van der Waals surface area contributed by atoms with Crippen LogP contribution in [0.5, 0.6) is 0 Å². The number of nitrogens with zero attached hydrogens (tertiary/aromatic N) is 1. The fourth-order valence-electron chi connectivity index (χ4n) is 2.28. The van der Waals surface area contributed by atoms with E-state index in [2.05, 4.69) is 15.3 Å². The summed E-state index contributed by atoms with van der Waals surface area (Å²) in [7, 11) is 0. The molecule has 0 saturated carbocycles. The first kappa shape index (κ1) is 13.2. The van der Waals surface area contributed by atoms with Crippen LogP contribution in [0, 0.1) is 0 Å². The van der Waals surface area contributed by atoms with Crippen LogP contribution in [-0.4, -0.2) is 22.4 Å². The number of aromatic nitrogens is 2. The van der Waals surface area contributed by atoms with Gasteiger partial charge >= 0.3 is 0 Å². The van der Waals surface area contributed by atoms with Crippen LogP contribution in [0.4, 0.5) is 5.69 Å². The minimum Gasteiger partial charge on any atom is -0.397 e. The zero-order chi connectivity index (χ0) is 14.7. The lowest BCUT2D eigenvalue weighted by Gasteiger charge is -2.04. The number of pyridine rings is 1. The van der Waals surface area contributed by atoms with E-state index in [1.807, 2.05) is 30.5 Å². The van der Waals surface area contributed by atoms with Crippen LogP contribution in [0.25, 0.3) is 11.0 Å². The van der Waals surface area contributed by atoms with Crippen molar-refractivity contribution in [2.75, 3.05) is 12.3 Å². The Bertz CT molecular complexity index is 764. The Balaban J connectivity index is 1.65. The topological polar surface area (TPSA) is 83.8 Å². The zero-order valence-corrected chi connectivity index (χ0v) is 11.5. The van der Waals surface area contributed by atoms with Crippen LogP contribution < -0.4 is 11.1 Å². The molecular weight excluding hydrogens is 264 g/mol. The summed E-state index contributed by atoms with van der Waals surface area (Å²) in [5, 5.41) is 3.92. The molecule has 0 saturated heterocycles. The second-order valence-electron chi connectivity index (χ2n) is 4.85. The van der Waals surface area contributed by atoms with Crippen molar-refractivity contribution in [2.45, 2.75) is 6.42 Å². The van der Waals surface area contributed by atoms with Gasteiger partial charge in [0.2, 0.25) is 0 Å². The Morgan fingerprint density at radius 2 is 2.10 bits per heavy atom. The van der Waals surface area contributed by atoms with Crippen LogP contribution in [-0.2, 0) is 6.42 Å². The van der Waals surface area contributed by atoms with Crippen LogP contribution >= 0.6 is 0 Å². The number of amides is 1. The average Bonchev–Trinajstić information content (AvgIpc) is 2.90. The van der Waals surface area contributed by atoms with Crippen molar-refractivity contribution < 1.29 is 4.79 Å². The Morgan fingerprint density at radius 3 is 2.90 bits per heavy atom. The number of rotatable bonds is 4. The molecule has 2 aromatic heterocycles. The third kappa shape index (κ3) is 2.86. The smallest absolute Gasteiger partial charge is 0.251 e. The quantitative estimate of drug-likeness (QED) is 0.684. The summed E-state index contributed by atoms with van der Waals surface area (Å²) in [4.78, 5) is 19.3. The molecule has 3 rings (SSSR count). The first-order valence-corrected chi connectivity index (χ1v) is 6.79. The van der Waals surface area contributed by atoms with Gasteiger partial charge in [0.25, 0.3) is 5.91 Å². The predicted octanol–water partition coefficient (Wildman–Crippen LogP) is 2.12. The molecule has 2 heterocycles. The number of carbonyl (C=O) groups excluding carboxylic acids is 1. The summed E-state index contributed by atoms with van der Waals surface area (Å²) < 4.78 is 0. The van der Waals surface area contributed by atoms with Gasteiger partial charge in [-0.2, -0.15) is 0 Å². The van der Waals surface area contributed by atoms with Gasteiger partial charge in [0.15, 0.2) is 0 Å². The van der Waals surface area contributed by atoms with Gasteiger partial charge in [-0.05, 0) is 30.2 Å². The number of aromatic amines is 1. The van der Waals surface area contributed by atoms with Crippen LogP contribution in [0.3, 0.4) is 0 Å². The van der Waals surface area contributed by atoms with Gasteiger partial charge in [-0.25, -0.2) is 4.98 Å². The third-order valence-electron chi connectivity index (χ3n) is 3.35. The van der Waals surface area contributed by atoms with Gasteiger partial charge in [0.1, 0.15) is 5.65 Å². The second-order valence-corrected chi connectivity index (χ2v) is 4.85. The predicted molar refractivity (Wildman–Crippen MR) is 83.0 cm³/mol. The number of benzene rings is 1. The molecule has 0 aliphatic carbocycles. The molecule has 0 fully saturated rings. The maximum absolute atomic E-state index is 11.9. The van der Waals surface area contributed by atoms with E-state index < -0.39 is 0 Å².